The van der Waals surface area contributed by atoms with E-state index in [9.17, 15) is 4.79 Å². The van der Waals surface area contributed by atoms with E-state index in [1.807, 2.05) is 4.90 Å². The van der Waals surface area contributed by atoms with E-state index in [2.05, 4.69) is 58.1 Å². The zero-order valence-electron chi connectivity index (χ0n) is 17.1. The van der Waals surface area contributed by atoms with Gasteiger partial charge in [0.25, 0.3) is 0 Å². The van der Waals surface area contributed by atoms with E-state index in [1.165, 1.54) is 22.5 Å². The summed E-state index contributed by atoms with van der Waals surface area (Å²) in [5, 5.41) is 7.53. The smallest absolute Gasteiger partial charge is 0.224 e. The minimum Gasteiger partial charge on any atom is -0.369 e. The first-order valence-corrected chi connectivity index (χ1v) is 10.5. The molecular weight excluding hydrogens is 350 g/mol. The van der Waals surface area contributed by atoms with Crippen LogP contribution >= 0.6 is 0 Å². The van der Waals surface area contributed by atoms with Gasteiger partial charge in [-0.3, -0.25) is 14.8 Å². The van der Waals surface area contributed by atoms with E-state index in [-0.39, 0.29) is 5.91 Å². The molecule has 28 heavy (non-hydrogen) atoms. The summed E-state index contributed by atoms with van der Waals surface area (Å²) in [6.07, 6.45) is 2.42. The molecule has 150 valence electrons. The Balaban J connectivity index is 1.25. The predicted octanol–water partition coefficient (Wildman–Crippen LogP) is 2.38. The van der Waals surface area contributed by atoms with E-state index in [1.54, 1.807) is 0 Å². The fourth-order valence-corrected chi connectivity index (χ4v) is 4.33. The first-order chi connectivity index (χ1) is 13.6. The molecule has 1 N–H and O–H groups in total. The third kappa shape index (κ3) is 4.07. The number of aromatic nitrogens is 2. The molecule has 2 aromatic rings. The van der Waals surface area contributed by atoms with Gasteiger partial charge in [0.1, 0.15) is 0 Å². The molecule has 1 saturated heterocycles. The lowest BCUT2D eigenvalue weighted by Crippen LogP contribution is -2.47. The van der Waals surface area contributed by atoms with E-state index < -0.39 is 0 Å². The second-order valence-corrected chi connectivity index (χ2v) is 7.96. The van der Waals surface area contributed by atoms with Gasteiger partial charge in [0.15, 0.2) is 0 Å². The van der Waals surface area contributed by atoms with Crippen molar-refractivity contribution in [1.82, 2.24) is 20.0 Å². The van der Waals surface area contributed by atoms with Crippen molar-refractivity contribution in [2.75, 3.05) is 44.2 Å². The molecule has 3 heterocycles. The minimum absolute atomic E-state index is 0.273. The summed E-state index contributed by atoms with van der Waals surface area (Å²) in [5.74, 6) is 0.273. The maximum Gasteiger partial charge on any atom is 0.224 e. The highest BCUT2D eigenvalue weighted by Gasteiger charge is 2.25. The molecule has 0 unspecified atom stereocenters. The van der Waals surface area contributed by atoms with Crippen LogP contribution in [-0.2, 0) is 24.2 Å². The topological polar surface area (TPSA) is 55.5 Å². The highest BCUT2D eigenvalue weighted by Crippen LogP contribution is 2.22. The summed E-state index contributed by atoms with van der Waals surface area (Å²) in [7, 11) is 0. The maximum atomic E-state index is 12.8. The van der Waals surface area contributed by atoms with Crippen LogP contribution in [0.2, 0.25) is 0 Å². The van der Waals surface area contributed by atoms with Gasteiger partial charge in [-0.25, -0.2) is 0 Å². The average molecular weight is 382 g/mol. The zero-order chi connectivity index (χ0) is 19.5. The number of rotatable bonds is 5. The number of nitrogens with one attached hydrogen (secondary N) is 1. The van der Waals surface area contributed by atoms with Crippen LogP contribution in [0.15, 0.2) is 24.3 Å². The third-order valence-electron chi connectivity index (χ3n) is 6.09. The molecule has 6 heteroatoms. The number of benzene rings is 1. The Labute approximate surface area is 167 Å². The molecule has 6 nitrogen and oxygen atoms in total. The van der Waals surface area contributed by atoms with Crippen LogP contribution in [0.25, 0.3) is 0 Å². The van der Waals surface area contributed by atoms with Crippen molar-refractivity contribution < 1.29 is 4.79 Å². The molecule has 1 fully saturated rings. The number of aromatic amines is 1. The van der Waals surface area contributed by atoms with Crippen LogP contribution in [0.5, 0.6) is 0 Å². The number of piperazine rings is 1. The van der Waals surface area contributed by atoms with Crippen molar-refractivity contribution in [3.05, 3.63) is 46.8 Å². The first kappa shape index (κ1) is 19.0. The van der Waals surface area contributed by atoms with Crippen molar-refractivity contribution in [2.45, 2.75) is 39.7 Å². The van der Waals surface area contributed by atoms with E-state index in [4.69, 9.17) is 0 Å². The molecule has 0 atom stereocenters. The quantitative estimate of drug-likeness (QED) is 0.864. The average Bonchev–Trinajstić information content (AvgIpc) is 3.14. The number of carbonyl (C=O) groups is 1. The lowest BCUT2D eigenvalue weighted by Gasteiger charge is -2.36. The maximum absolute atomic E-state index is 12.8. The number of hydrogen-bond donors (Lipinski definition) is 1. The van der Waals surface area contributed by atoms with Gasteiger partial charge in [-0.1, -0.05) is 19.1 Å². The molecule has 0 radical (unpaired) electrons. The van der Waals surface area contributed by atoms with E-state index >= 15 is 0 Å². The zero-order valence-corrected chi connectivity index (χ0v) is 17.1. The van der Waals surface area contributed by atoms with E-state index in [0.717, 1.165) is 64.3 Å². The van der Waals surface area contributed by atoms with Gasteiger partial charge in [0, 0.05) is 75.6 Å². The van der Waals surface area contributed by atoms with Gasteiger partial charge < -0.3 is 9.80 Å². The van der Waals surface area contributed by atoms with Crippen molar-refractivity contribution in [3.63, 3.8) is 0 Å². The van der Waals surface area contributed by atoms with Crippen molar-refractivity contribution in [1.29, 1.82) is 0 Å². The largest absolute Gasteiger partial charge is 0.369 e. The number of fused-ring (bicyclic) bond motifs is 1. The summed E-state index contributed by atoms with van der Waals surface area (Å²) in [6.45, 7) is 10.7. The van der Waals surface area contributed by atoms with Crippen molar-refractivity contribution in [2.24, 2.45) is 0 Å². The molecule has 0 saturated carbocycles. The second kappa shape index (κ2) is 8.35. The van der Waals surface area contributed by atoms with Crippen LogP contribution in [0.4, 0.5) is 5.69 Å². The molecule has 2 aliphatic heterocycles. The normalized spacial score (nSPS) is 17.6. The highest BCUT2D eigenvalue weighted by molar-refractivity contribution is 5.76. The molecule has 1 aromatic heterocycles. The molecule has 1 amide bonds. The molecule has 1 aromatic carbocycles. The standard InChI is InChI=1S/C22H31N5O/c1-3-20-19-16-27(10-7-21(19)24-23-20)22(28)8-9-25-11-13-26(14-12-25)18-6-4-5-17(2)15-18/h4-6,15H,3,7-14,16H2,1-2H3,(H,23,24). The number of hydrogen-bond acceptors (Lipinski definition) is 4. The molecule has 0 aliphatic carbocycles. The van der Waals surface area contributed by atoms with Crippen molar-refractivity contribution >= 4 is 11.6 Å². The number of H-pyrrole nitrogens is 1. The number of amides is 1. The van der Waals surface area contributed by atoms with Gasteiger partial charge in [-0.15, -0.1) is 0 Å². The van der Waals surface area contributed by atoms with Gasteiger partial charge in [0.05, 0.1) is 5.69 Å². The van der Waals surface area contributed by atoms with Crippen LogP contribution in [0.1, 0.15) is 35.9 Å². The summed E-state index contributed by atoms with van der Waals surface area (Å²) in [6, 6.07) is 8.72. The Morgan fingerprint density at radius 1 is 1.18 bits per heavy atom. The van der Waals surface area contributed by atoms with Crippen molar-refractivity contribution in [3.8, 4) is 0 Å². The lowest BCUT2D eigenvalue weighted by molar-refractivity contribution is -0.132. The lowest BCUT2D eigenvalue weighted by atomic mass is 10.0. The van der Waals surface area contributed by atoms with Crippen LogP contribution in [0.3, 0.4) is 0 Å². The van der Waals surface area contributed by atoms with Gasteiger partial charge >= 0.3 is 0 Å². The second-order valence-electron chi connectivity index (χ2n) is 7.96. The fourth-order valence-electron chi connectivity index (χ4n) is 4.33. The number of carbonyl (C=O) groups excluding carboxylic acids is 1. The summed E-state index contributed by atoms with van der Waals surface area (Å²) >= 11 is 0. The molecule has 0 bridgehead atoms. The summed E-state index contributed by atoms with van der Waals surface area (Å²) < 4.78 is 0. The Morgan fingerprint density at radius 2 is 2.00 bits per heavy atom. The highest BCUT2D eigenvalue weighted by atomic mass is 16.2. The summed E-state index contributed by atoms with van der Waals surface area (Å²) in [5.41, 5.74) is 6.19. The molecule has 0 spiro atoms. The number of aryl methyl sites for hydroxylation is 2. The van der Waals surface area contributed by atoms with Crippen LogP contribution in [0, 0.1) is 6.92 Å². The molecular formula is C22H31N5O. The van der Waals surface area contributed by atoms with Gasteiger partial charge in [-0.05, 0) is 31.0 Å². The van der Waals surface area contributed by atoms with Gasteiger partial charge in [-0.2, -0.15) is 5.10 Å². The monoisotopic (exact) mass is 381 g/mol. The van der Waals surface area contributed by atoms with Gasteiger partial charge in [0.2, 0.25) is 5.91 Å². The Bertz CT molecular complexity index is 809. The SMILES string of the molecule is CCc1n[nH]c2c1CN(C(=O)CCN1CCN(c3cccc(C)c3)CC1)CC2. The van der Waals surface area contributed by atoms with Crippen LogP contribution in [-0.4, -0.2) is 65.2 Å². The molecule has 4 rings (SSSR count). The minimum atomic E-state index is 0.273. The number of anilines is 1. The third-order valence-corrected chi connectivity index (χ3v) is 6.09. The predicted molar refractivity (Wildman–Crippen MR) is 112 cm³/mol. The number of nitrogens with zero attached hydrogens (tertiary/aromatic N) is 4. The Morgan fingerprint density at radius 3 is 2.75 bits per heavy atom. The Kier molecular flexibility index (Phi) is 5.67. The molecule has 2 aliphatic rings. The summed E-state index contributed by atoms with van der Waals surface area (Å²) in [4.78, 5) is 19.6. The van der Waals surface area contributed by atoms with E-state index in [0.29, 0.717) is 6.42 Å². The fraction of sp³-hybridized carbons (Fsp3) is 0.545. The van der Waals surface area contributed by atoms with Crippen LogP contribution < -0.4 is 4.90 Å². The first-order valence-electron chi connectivity index (χ1n) is 10.5. The Hall–Kier alpha value is -2.34.